The Morgan fingerprint density at radius 2 is 1.78 bits per heavy atom. The monoisotopic (exact) mass is 407 g/mol. The second-order valence-corrected chi connectivity index (χ2v) is 7.39. The zero-order valence-corrected chi connectivity index (χ0v) is 16.9. The molecule has 1 aliphatic rings. The van der Waals surface area contributed by atoms with Gasteiger partial charge in [-0.15, -0.1) is 0 Å². The topological polar surface area (TPSA) is 44.8 Å². The van der Waals surface area contributed by atoms with Crippen molar-refractivity contribution >= 4 is 40.5 Å². The Balaban J connectivity index is 1.69. The van der Waals surface area contributed by atoms with Gasteiger partial charge in [0.15, 0.2) is 6.10 Å². The van der Waals surface area contributed by atoms with Crippen LogP contribution in [0.3, 0.4) is 0 Å². The average Bonchev–Trinajstić information content (AvgIpc) is 2.66. The number of benzene rings is 2. The predicted octanol–water partition coefficient (Wildman–Crippen LogP) is 4.15. The maximum absolute atomic E-state index is 12.7. The number of rotatable bonds is 5. The molecule has 7 heteroatoms. The van der Waals surface area contributed by atoms with Crippen LogP contribution in [-0.4, -0.2) is 50.1 Å². The zero-order chi connectivity index (χ0) is 19.4. The molecule has 2 aromatic carbocycles. The lowest BCUT2D eigenvalue weighted by molar-refractivity contribution is -0.122. The van der Waals surface area contributed by atoms with Crippen molar-refractivity contribution in [1.29, 1.82) is 0 Å². The lowest BCUT2D eigenvalue weighted by Gasteiger charge is -2.35. The van der Waals surface area contributed by atoms with E-state index in [1.807, 2.05) is 24.3 Å². The van der Waals surface area contributed by atoms with Crippen LogP contribution in [0.1, 0.15) is 6.92 Å². The first-order chi connectivity index (χ1) is 13.0. The molecule has 1 heterocycles. The molecular weight excluding hydrogens is 385 g/mol. The third-order valence-electron chi connectivity index (χ3n) is 4.60. The summed E-state index contributed by atoms with van der Waals surface area (Å²) in [5.41, 5.74) is 1.80. The SMILES string of the molecule is CC(Oc1cccc(Cl)c1Cl)C(=O)Nc1ccccc1N1CCN(C)CC1. The van der Waals surface area contributed by atoms with Crippen molar-refractivity contribution in [2.75, 3.05) is 43.4 Å². The number of hydrogen-bond donors (Lipinski definition) is 1. The van der Waals surface area contributed by atoms with Crippen LogP contribution in [0.2, 0.25) is 10.0 Å². The van der Waals surface area contributed by atoms with Gasteiger partial charge < -0.3 is 19.9 Å². The molecule has 1 fully saturated rings. The predicted molar refractivity (Wildman–Crippen MR) is 111 cm³/mol. The highest BCUT2D eigenvalue weighted by Crippen LogP contribution is 2.32. The number of carbonyl (C=O) groups is 1. The quantitative estimate of drug-likeness (QED) is 0.808. The van der Waals surface area contributed by atoms with Crippen LogP contribution in [0.15, 0.2) is 42.5 Å². The fourth-order valence-corrected chi connectivity index (χ4v) is 3.29. The van der Waals surface area contributed by atoms with E-state index in [4.69, 9.17) is 27.9 Å². The average molecular weight is 408 g/mol. The van der Waals surface area contributed by atoms with Crippen molar-refractivity contribution in [3.63, 3.8) is 0 Å². The molecule has 0 radical (unpaired) electrons. The van der Waals surface area contributed by atoms with Crippen molar-refractivity contribution in [3.8, 4) is 5.75 Å². The Labute approximate surface area is 169 Å². The fourth-order valence-electron chi connectivity index (χ4n) is 2.96. The summed E-state index contributed by atoms with van der Waals surface area (Å²) < 4.78 is 5.71. The van der Waals surface area contributed by atoms with Crippen molar-refractivity contribution in [2.45, 2.75) is 13.0 Å². The van der Waals surface area contributed by atoms with Crippen LogP contribution >= 0.6 is 23.2 Å². The normalized spacial score (nSPS) is 16.1. The molecule has 0 aromatic heterocycles. The number of halogens is 2. The summed E-state index contributed by atoms with van der Waals surface area (Å²) in [4.78, 5) is 17.2. The van der Waals surface area contributed by atoms with Gasteiger partial charge in [-0.05, 0) is 38.2 Å². The van der Waals surface area contributed by atoms with Gasteiger partial charge in [0.05, 0.1) is 16.4 Å². The number of carbonyl (C=O) groups excluding carboxylic acids is 1. The summed E-state index contributed by atoms with van der Waals surface area (Å²) in [5.74, 6) is 0.145. The molecule has 0 aliphatic carbocycles. The summed E-state index contributed by atoms with van der Waals surface area (Å²) >= 11 is 12.1. The van der Waals surface area contributed by atoms with Gasteiger partial charge in [0.1, 0.15) is 10.8 Å². The van der Waals surface area contributed by atoms with Gasteiger partial charge in [-0.25, -0.2) is 0 Å². The van der Waals surface area contributed by atoms with Gasteiger partial charge in [0.25, 0.3) is 5.91 Å². The minimum atomic E-state index is -0.721. The number of nitrogens with zero attached hydrogens (tertiary/aromatic N) is 2. The Kier molecular flexibility index (Phi) is 6.47. The molecule has 1 amide bonds. The summed E-state index contributed by atoms with van der Waals surface area (Å²) in [6, 6.07) is 12.9. The third kappa shape index (κ3) is 4.86. The molecule has 27 heavy (non-hydrogen) atoms. The van der Waals surface area contributed by atoms with Gasteiger partial charge in [0.2, 0.25) is 0 Å². The second-order valence-electron chi connectivity index (χ2n) is 6.61. The summed E-state index contributed by atoms with van der Waals surface area (Å²) in [7, 11) is 2.12. The first kappa shape index (κ1) is 19.8. The number of anilines is 2. The van der Waals surface area contributed by atoms with E-state index in [1.165, 1.54) is 0 Å². The van der Waals surface area contributed by atoms with E-state index in [9.17, 15) is 4.79 Å². The number of piperazine rings is 1. The minimum absolute atomic E-state index is 0.243. The molecule has 3 rings (SSSR count). The minimum Gasteiger partial charge on any atom is -0.479 e. The summed E-state index contributed by atoms with van der Waals surface area (Å²) in [5, 5.41) is 3.67. The van der Waals surface area contributed by atoms with Gasteiger partial charge in [0, 0.05) is 26.2 Å². The number of amides is 1. The highest BCUT2D eigenvalue weighted by Gasteiger charge is 2.21. The van der Waals surface area contributed by atoms with E-state index in [1.54, 1.807) is 25.1 Å². The lowest BCUT2D eigenvalue weighted by Crippen LogP contribution is -2.44. The molecular formula is C20H23Cl2N3O2. The highest BCUT2D eigenvalue weighted by molar-refractivity contribution is 6.42. The van der Waals surface area contributed by atoms with Crippen LogP contribution in [0.25, 0.3) is 0 Å². The molecule has 144 valence electrons. The van der Waals surface area contributed by atoms with E-state index in [0.717, 1.165) is 37.6 Å². The number of para-hydroxylation sites is 2. The molecule has 1 atom stereocenters. The van der Waals surface area contributed by atoms with Gasteiger partial charge in [-0.1, -0.05) is 41.4 Å². The molecule has 0 spiro atoms. The maximum atomic E-state index is 12.7. The van der Waals surface area contributed by atoms with Gasteiger partial charge in [-0.2, -0.15) is 0 Å². The smallest absolute Gasteiger partial charge is 0.265 e. The first-order valence-corrected chi connectivity index (χ1v) is 9.65. The summed E-state index contributed by atoms with van der Waals surface area (Å²) in [6.07, 6.45) is -0.721. The van der Waals surface area contributed by atoms with E-state index < -0.39 is 6.10 Å². The van der Waals surface area contributed by atoms with Crippen LogP contribution < -0.4 is 15.0 Å². The Morgan fingerprint density at radius 1 is 1.07 bits per heavy atom. The standard InChI is InChI=1S/C20H23Cl2N3O2/c1-14(27-18-9-5-6-15(21)19(18)22)20(26)23-16-7-3-4-8-17(16)25-12-10-24(2)11-13-25/h3-9,14H,10-13H2,1-2H3,(H,23,26). The number of ether oxygens (including phenoxy) is 1. The van der Waals surface area contributed by atoms with Gasteiger partial charge >= 0.3 is 0 Å². The molecule has 1 aliphatic heterocycles. The Morgan fingerprint density at radius 3 is 2.52 bits per heavy atom. The molecule has 1 N–H and O–H groups in total. The van der Waals surface area contributed by atoms with Crippen molar-refractivity contribution in [2.24, 2.45) is 0 Å². The Hall–Kier alpha value is -1.95. The fraction of sp³-hybridized carbons (Fsp3) is 0.350. The molecule has 0 saturated carbocycles. The second kappa shape index (κ2) is 8.83. The van der Waals surface area contributed by atoms with E-state index in [-0.39, 0.29) is 5.91 Å². The van der Waals surface area contributed by atoms with E-state index in [2.05, 4.69) is 22.2 Å². The summed E-state index contributed by atoms with van der Waals surface area (Å²) in [6.45, 7) is 5.52. The van der Waals surface area contributed by atoms with Gasteiger partial charge in [-0.3, -0.25) is 4.79 Å². The molecule has 5 nitrogen and oxygen atoms in total. The van der Waals surface area contributed by atoms with Crippen molar-refractivity contribution in [3.05, 3.63) is 52.5 Å². The van der Waals surface area contributed by atoms with Crippen LogP contribution in [0, 0.1) is 0 Å². The molecule has 1 saturated heterocycles. The van der Waals surface area contributed by atoms with E-state index in [0.29, 0.717) is 15.8 Å². The van der Waals surface area contributed by atoms with Crippen molar-refractivity contribution < 1.29 is 9.53 Å². The first-order valence-electron chi connectivity index (χ1n) is 8.90. The largest absolute Gasteiger partial charge is 0.479 e. The number of likely N-dealkylation sites (N-methyl/N-ethyl adjacent to an activating group) is 1. The third-order valence-corrected chi connectivity index (χ3v) is 5.40. The number of nitrogens with one attached hydrogen (secondary N) is 1. The molecule has 1 unspecified atom stereocenters. The molecule has 0 bridgehead atoms. The Bertz CT molecular complexity index is 808. The van der Waals surface area contributed by atoms with Crippen LogP contribution in [0.4, 0.5) is 11.4 Å². The highest BCUT2D eigenvalue weighted by atomic mass is 35.5. The zero-order valence-electron chi connectivity index (χ0n) is 15.4. The number of hydrogen-bond acceptors (Lipinski definition) is 4. The maximum Gasteiger partial charge on any atom is 0.265 e. The molecule has 2 aromatic rings. The lowest BCUT2D eigenvalue weighted by atomic mass is 10.2. The van der Waals surface area contributed by atoms with E-state index >= 15 is 0 Å². The van der Waals surface area contributed by atoms with Crippen LogP contribution in [0.5, 0.6) is 5.75 Å². The van der Waals surface area contributed by atoms with Crippen LogP contribution in [-0.2, 0) is 4.79 Å². The van der Waals surface area contributed by atoms with Crippen molar-refractivity contribution in [1.82, 2.24) is 4.90 Å².